The molecule has 244 valence electrons. The lowest BCUT2D eigenvalue weighted by atomic mass is 10.1. The Bertz CT molecular complexity index is 1620. The maximum atomic E-state index is 14.4. The molecule has 2 amide bonds. The normalized spacial score (nSPS) is 12.1. The highest BCUT2D eigenvalue weighted by atomic mass is 32.2. The number of nitrogens with one attached hydrogen (secondary N) is 1. The number of sulfonamides is 1. The average molecular weight is 642 g/mol. The van der Waals surface area contributed by atoms with Gasteiger partial charge in [-0.15, -0.1) is 0 Å². The molecular formula is C33H43N3O8S. The van der Waals surface area contributed by atoms with Crippen molar-refractivity contribution in [1.29, 1.82) is 0 Å². The van der Waals surface area contributed by atoms with E-state index >= 15 is 0 Å². The van der Waals surface area contributed by atoms with Crippen molar-refractivity contribution in [2.75, 3.05) is 39.3 Å². The minimum absolute atomic E-state index is 0.0682. The number of hydrogen-bond donors (Lipinski definition) is 1. The molecule has 0 aromatic heterocycles. The Hall–Kier alpha value is -4.45. The van der Waals surface area contributed by atoms with Crippen LogP contribution in [0.3, 0.4) is 0 Å². The van der Waals surface area contributed by atoms with Crippen molar-refractivity contribution in [2.24, 2.45) is 0 Å². The van der Waals surface area contributed by atoms with Crippen molar-refractivity contribution in [3.8, 4) is 23.0 Å². The van der Waals surface area contributed by atoms with E-state index in [1.807, 2.05) is 52.0 Å². The highest BCUT2D eigenvalue weighted by Gasteiger charge is 2.35. The summed E-state index contributed by atoms with van der Waals surface area (Å²) in [4.78, 5) is 28.9. The second-order valence-electron chi connectivity index (χ2n) is 11.5. The number of methoxy groups -OCH3 is 4. The monoisotopic (exact) mass is 641 g/mol. The number of anilines is 1. The zero-order valence-corrected chi connectivity index (χ0v) is 28.2. The van der Waals surface area contributed by atoms with E-state index in [0.29, 0.717) is 11.5 Å². The lowest BCUT2D eigenvalue weighted by molar-refractivity contribution is -0.140. The number of carbonyl (C=O) groups excluding carboxylic acids is 2. The summed E-state index contributed by atoms with van der Waals surface area (Å²) in [7, 11) is 1.25. The summed E-state index contributed by atoms with van der Waals surface area (Å²) < 4.78 is 51.3. The molecule has 0 fully saturated rings. The van der Waals surface area contributed by atoms with Crippen LogP contribution >= 0.6 is 0 Å². The summed E-state index contributed by atoms with van der Waals surface area (Å²) in [6, 6.07) is 15.4. The van der Waals surface area contributed by atoms with Crippen molar-refractivity contribution in [3.63, 3.8) is 0 Å². The maximum Gasteiger partial charge on any atom is 0.265 e. The second-order valence-corrected chi connectivity index (χ2v) is 13.4. The molecule has 12 heteroatoms. The van der Waals surface area contributed by atoms with Crippen LogP contribution in [-0.2, 0) is 26.2 Å². The summed E-state index contributed by atoms with van der Waals surface area (Å²) in [5.74, 6) is 0.0764. The van der Waals surface area contributed by atoms with Crippen molar-refractivity contribution < 1.29 is 37.0 Å². The summed E-state index contributed by atoms with van der Waals surface area (Å²) >= 11 is 0. The molecule has 0 saturated carbocycles. The quantitative estimate of drug-likeness (QED) is 0.288. The third-order valence-electron chi connectivity index (χ3n) is 6.98. The van der Waals surface area contributed by atoms with E-state index in [0.717, 1.165) is 15.4 Å². The van der Waals surface area contributed by atoms with E-state index in [2.05, 4.69) is 5.32 Å². The molecule has 3 rings (SSSR count). The second kappa shape index (κ2) is 14.6. The van der Waals surface area contributed by atoms with Gasteiger partial charge in [0.15, 0.2) is 11.5 Å². The minimum atomic E-state index is -4.44. The third kappa shape index (κ3) is 8.59. The largest absolute Gasteiger partial charge is 0.497 e. The standard InChI is InChI=1S/C33H43N3O8S/c1-22-11-10-12-24(17-22)20-35(23(2)32(38)34-33(3,4)5)31(37)21-36(27-18-25(41-6)13-15-28(27)42-7)45(39,40)26-14-16-29(43-8)30(19-26)44-9/h10-19,23H,20-21H2,1-9H3,(H,34,38)/t23-/m1/s1. The zero-order chi connectivity index (χ0) is 33.5. The number of hydrogen-bond acceptors (Lipinski definition) is 8. The lowest BCUT2D eigenvalue weighted by Gasteiger charge is -2.34. The molecule has 3 aromatic carbocycles. The summed E-state index contributed by atoms with van der Waals surface area (Å²) in [5, 5.41) is 2.92. The van der Waals surface area contributed by atoms with E-state index in [9.17, 15) is 18.0 Å². The summed E-state index contributed by atoms with van der Waals surface area (Å²) in [5.41, 5.74) is 1.28. The highest BCUT2D eigenvalue weighted by Crippen LogP contribution is 2.37. The molecule has 0 spiro atoms. The van der Waals surface area contributed by atoms with Crippen LogP contribution in [0.2, 0.25) is 0 Å². The number of rotatable bonds is 13. The van der Waals surface area contributed by atoms with Crippen LogP contribution in [0.15, 0.2) is 65.6 Å². The number of carbonyl (C=O) groups is 2. The molecule has 45 heavy (non-hydrogen) atoms. The van der Waals surface area contributed by atoms with E-state index in [1.54, 1.807) is 19.1 Å². The van der Waals surface area contributed by atoms with Gasteiger partial charge in [-0.05, 0) is 64.4 Å². The Morgan fingerprint density at radius 1 is 0.844 bits per heavy atom. The molecule has 0 aliphatic heterocycles. The number of ether oxygens (including phenoxy) is 4. The van der Waals surface area contributed by atoms with Crippen LogP contribution in [-0.4, -0.2) is 71.7 Å². The first-order chi connectivity index (χ1) is 21.1. The first kappa shape index (κ1) is 35.0. The van der Waals surface area contributed by atoms with Crippen LogP contribution in [0.1, 0.15) is 38.8 Å². The van der Waals surface area contributed by atoms with Gasteiger partial charge in [-0.25, -0.2) is 8.42 Å². The maximum absolute atomic E-state index is 14.4. The van der Waals surface area contributed by atoms with Gasteiger partial charge in [-0.2, -0.15) is 0 Å². The van der Waals surface area contributed by atoms with Crippen LogP contribution in [0.5, 0.6) is 23.0 Å². The molecule has 1 N–H and O–H groups in total. The Balaban J connectivity index is 2.18. The van der Waals surface area contributed by atoms with Gasteiger partial charge in [0.2, 0.25) is 11.8 Å². The highest BCUT2D eigenvalue weighted by molar-refractivity contribution is 7.92. The number of benzene rings is 3. The molecule has 0 aliphatic carbocycles. The van der Waals surface area contributed by atoms with Gasteiger partial charge >= 0.3 is 0 Å². The van der Waals surface area contributed by atoms with Crippen LogP contribution in [0, 0.1) is 6.92 Å². The molecule has 0 heterocycles. The molecule has 3 aromatic rings. The van der Waals surface area contributed by atoms with Gasteiger partial charge in [0, 0.05) is 24.2 Å². The van der Waals surface area contributed by atoms with E-state index in [1.165, 1.54) is 57.6 Å². The fourth-order valence-corrected chi connectivity index (χ4v) is 6.11. The minimum Gasteiger partial charge on any atom is -0.497 e. The van der Waals surface area contributed by atoms with Gasteiger partial charge in [0.1, 0.15) is 24.1 Å². The summed E-state index contributed by atoms with van der Waals surface area (Å²) in [6.45, 7) is 8.49. The molecule has 1 atom stereocenters. The van der Waals surface area contributed by atoms with Crippen molar-refractivity contribution >= 4 is 27.5 Å². The van der Waals surface area contributed by atoms with Crippen molar-refractivity contribution in [2.45, 2.75) is 57.6 Å². The Morgan fingerprint density at radius 3 is 2.07 bits per heavy atom. The fraction of sp³-hybridized carbons (Fsp3) is 0.394. The molecule has 0 aliphatic rings. The topological polar surface area (TPSA) is 124 Å². The van der Waals surface area contributed by atoms with Crippen molar-refractivity contribution in [3.05, 3.63) is 71.8 Å². The van der Waals surface area contributed by atoms with Crippen LogP contribution < -0.4 is 28.6 Å². The lowest BCUT2D eigenvalue weighted by Crippen LogP contribution is -2.54. The predicted molar refractivity (Wildman–Crippen MR) is 173 cm³/mol. The molecular weight excluding hydrogens is 598 g/mol. The van der Waals surface area contributed by atoms with Gasteiger partial charge in [-0.3, -0.25) is 13.9 Å². The Kier molecular flexibility index (Phi) is 11.3. The van der Waals surface area contributed by atoms with Gasteiger partial charge < -0.3 is 29.2 Å². The number of nitrogens with zero attached hydrogens (tertiary/aromatic N) is 2. The predicted octanol–water partition coefficient (Wildman–Crippen LogP) is 4.56. The molecule has 0 unspecified atom stereocenters. The first-order valence-corrected chi connectivity index (χ1v) is 15.7. The smallest absolute Gasteiger partial charge is 0.265 e. The van der Waals surface area contributed by atoms with Gasteiger partial charge in [0.25, 0.3) is 10.0 Å². The Morgan fingerprint density at radius 2 is 1.49 bits per heavy atom. The molecule has 0 bridgehead atoms. The number of amides is 2. The van der Waals surface area contributed by atoms with E-state index in [-0.39, 0.29) is 34.5 Å². The molecule has 0 saturated heterocycles. The van der Waals surface area contributed by atoms with Gasteiger partial charge in [0.05, 0.1) is 39.0 Å². The first-order valence-electron chi connectivity index (χ1n) is 14.3. The Labute approximate surface area is 266 Å². The van der Waals surface area contributed by atoms with E-state index in [4.69, 9.17) is 18.9 Å². The molecule has 0 radical (unpaired) electrons. The average Bonchev–Trinajstić information content (AvgIpc) is 3.00. The van der Waals surface area contributed by atoms with Gasteiger partial charge in [-0.1, -0.05) is 29.8 Å². The fourth-order valence-electron chi connectivity index (χ4n) is 4.67. The van der Waals surface area contributed by atoms with Crippen LogP contribution in [0.4, 0.5) is 5.69 Å². The summed E-state index contributed by atoms with van der Waals surface area (Å²) in [6.07, 6.45) is 0. The zero-order valence-electron chi connectivity index (χ0n) is 27.3. The SMILES string of the molecule is COc1ccc(OC)c(N(CC(=O)N(Cc2cccc(C)c2)[C@H](C)C(=O)NC(C)(C)C)S(=O)(=O)c2ccc(OC)c(OC)c2)c1. The number of aryl methyl sites for hydroxylation is 1. The van der Waals surface area contributed by atoms with Crippen LogP contribution in [0.25, 0.3) is 0 Å². The van der Waals surface area contributed by atoms with E-state index < -0.39 is 34.1 Å². The van der Waals surface area contributed by atoms with Crippen molar-refractivity contribution in [1.82, 2.24) is 10.2 Å². The molecule has 11 nitrogen and oxygen atoms in total. The third-order valence-corrected chi connectivity index (χ3v) is 8.73.